The zero-order chi connectivity index (χ0) is 14.1. The average Bonchev–Trinajstić information content (AvgIpc) is 2.46. The average molecular weight is 291 g/mol. The molecule has 5 heteroatoms. The molecule has 1 N–H and O–H groups in total. The molecule has 1 fully saturated rings. The molecule has 1 aliphatic rings. The topological polar surface area (TPSA) is 53.4 Å². The number of piperidine rings is 1. The molecule has 3 rings (SSSR count). The second-order valence-electron chi connectivity index (χ2n) is 5.05. The smallest absolute Gasteiger partial charge is 0.272 e. The Kier molecular flexibility index (Phi) is 3.59. The number of β-amino-alcohol motifs (C(OH)–C–C–N with tert-alkyl or cyclic N) is 1. The Morgan fingerprint density at radius 3 is 3.00 bits per heavy atom. The van der Waals surface area contributed by atoms with E-state index < -0.39 is 6.10 Å². The summed E-state index contributed by atoms with van der Waals surface area (Å²) in [7, 11) is 0. The summed E-state index contributed by atoms with van der Waals surface area (Å²) in [4.78, 5) is 18.5. The van der Waals surface area contributed by atoms with Gasteiger partial charge in [-0.1, -0.05) is 29.8 Å². The van der Waals surface area contributed by atoms with E-state index in [1.165, 1.54) is 0 Å². The highest BCUT2D eigenvalue weighted by atomic mass is 35.5. The van der Waals surface area contributed by atoms with Gasteiger partial charge in [0.2, 0.25) is 0 Å². The minimum atomic E-state index is -0.441. The van der Waals surface area contributed by atoms with Crippen LogP contribution >= 0.6 is 11.6 Å². The van der Waals surface area contributed by atoms with Crippen LogP contribution in [0.5, 0.6) is 0 Å². The Bertz CT molecular complexity index is 659. The Labute approximate surface area is 122 Å². The van der Waals surface area contributed by atoms with Crippen molar-refractivity contribution in [3.05, 3.63) is 41.0 Å². The third-order valence-corrected chi connectivity index (χ3v) is 3.88. The first kappa shape index (κ1) is 13.3. The van der Waals surface area contributed by atoms with Gasteiger partial charge in [-0.3, -0.25) is 4.79 Å². The number of likely N-dealkylation sites (tertiary alicyclic amines) is 1. The first-order chi connectivity index (χ1) is 9.65. The van der Waals surface area contributed by atoms with E-state index >= 15 is 0 Å². The van der Waals surface area contributed by atoms with E-state index in [4.69, 9.17) is 11.6 Å². The predicted molar refractivity (Wildman–Crippen MR) is 77.9 cm³/mol. The fraction of sp³-hybridized carbons (Fsp3) is 0.333. The van der Waals surface area contributed by atoms with Crippen molar-refractivity contribution in [1.82, 2.24) is 9.88 Å². The van der Waals surface area contributed by atoms with Crippen LogP contribution < -0.4 is 0 Å². The van der Waals surface area contributed by atoms with Crippen LogP contribution in [0.1, 0.15) is 23.3 Å². The van der Waals surface area contributed by atoms with Crippen molar-refractivity contribution in [2.45, 2.75) is 18.9 Å². The number of hydrogen-bond acceptors (Lipinski definition) is 3. The van der Waals surface area contributed by atoms with E-state index in [9.17, 15) is 9.90 Å². The molecule has 1 atom stereocenters. The minimum absolute atomic E-state index is 0.170. The monoisotopic (exact) mass is 290 g/mol. The van der Waals surface area contributed by atoms with Crippen molar-refractivity contribution in [1.29, 1.82) is 0 Å². The van der Waals surface area contributed by atoms with E-state index in [1.807, 2.05) is 24.3 Å². The van der Waals surface area contributed by atoms with Crippen LogP contribution in [0.2, 0.25) is 5.02 Å². The molecular weight excluding hydrogens is 276 g/mol. The van der Waals surface area contributed by atoms with Gasteiger partial charge in [0.05, 0.1) is 16.6 Å². The summed E-state index contributed by atoms with van der Waals surface area (Å²) in [5.74, 6) is -0.170. The van der Waals surface area contributed by atoms with Gasteiger partial charge in [0.15, 0.2) is 0 Å². The summed E-state index contributed by atoms with van der Waals surface area (Å²) in [6.07, 6.45) is 1.12. The molecular formula is C15H15ClN2O2. The van der Waals surface area contributed by atoms with Gasteiger partial charge >= 0.3 is 0 Å². The van der Waals surface area contributed by atoms with Gasteiger partial charge in [0.1, 0.15) is 5.69 Å². The molecule has 2 heterocycles. The van der Waals surface area contributed by atoms with E-state index in [-0.39, 0.29) is 5.91 Å². The summed E-state index contributed by atoms with van der Waals surface area (Å²) in [6.45, 7) is 1.02. The van der Waals surface area contributed by atoms with E-state index in [0.717, 1.165) is 18.2 Å². The lowest BCUT2D eigenvalue weighted by atomic mass is 10.1. The number of carbonyl (C=O) groups excluding carboxylic acids is 1. The number of amides is 1. The molecule has 1 unspecified atom stereocenters. The van der Waals surface area contributed by atoms with E-state index in [0.29, 0.717) is 29.3 Å². The Morgan fingerprint density at radius 1 is 1.40 bits per heavy atom. The van der Waals surface area contributed by atoms with Crippen molar-refractivity contribution in [2.75, 3.05) is 13.1 Å². The number of para-hydroxylation sites is 1. The maximum Gasteiger partial charge on any atom is 0.272 e. The number of halogens is 1. The minimum Gasteiger partial charge on any atom is -0.391 e. The Morgan fingerprint density at radius 2 is 2.20 bits per heavy atom. The summed E-state index contributed by atoms with van der Waals surface area (Å²) in [5.41, 5.74) is 1.05. The molecule has 104 valence electrons. The van der Waals surface area contributed by atoms with Crippen LogP contribution in [0.4, 0.5) is 0 Å². The highest BCUT2D eigenvalue weighted by Gasteiger charge is 2.24. The molecule has 1 saturated heterocycles. The molecule has 4 nitrogen and oxygen atoms in total. The van der Waals surface area contributed by atoms with Crippen LogP contribution in [0.15, 0.2) is 30.3 Å². The fourth-order valence-electron chi connectivity index (χ4n) is 2.54. The highest BCUT2D eigenvalue weighted by Crippen LogP contribution is 2.24. The van der Waals surface area contributed by atoms with E-state index in [2.05, 4.69) is 4.98 Å². The maximum atomic E-state index is 12.4. The van der Waals surface area contributed by atoms with Crippen molar-refractivity contribution in [3.63, 3.8) is 0 Å². The van der Waals surface area contributed by atoms with Crippen molar-refractivity contribution >= 4 is 28.4 Å². The number of pyridine rings is 1. The van der Waals surface area contributed by atoms with Crippen molar-refractivity contribution in [2.24, 2.45) is 0 Å². The van der Waals surface area contributed by atoms with E-state index in [1.54, 1.807) is 11.0 Å². The molecule has 1 amide bonds. The second-order valence-corrected chi connectivity index (χ2v) is 5.46. The fourth-order valence-corrected chi connectivity index (χ4v) is 2.81. The van der Waals surface area contributed by atoms with Gasteiger partial charge < -0.3 is 10.0 Å². The molecule has 0 aliphatic carbocycles. The number of fused-ring (bicyclic) bond motifs is 1. The number of hydrogen-bond donors (Lipinski definition) is 1. The first-order valence-corrected chi connectivity index (χ1v) is 7.05. The van der Waals surface area contributed by atoms with Crippen LogP contribution in [0.3, 0.4) is 0 Å². The summed E-state index contributed by atoms with van der Waals surface area (Å²) < 4.78 is 0. The first-order valence-electron chi connectivity index (χ1n) is 6.68. The number of aliphatic hydroxyl groups is 1. The Balaban J connectivity index is 1.95. The molecule has 0 spiro atoms. The molecule has 0 bridgehead atoms. The number of nitrogens with zero attached hydrogens (tertiary/aromatic N) is 2. The maximum absolute atomic E-state index is 12.4. The number of carbonyl (C=O) groups is 1. The molecule has 0 radical (unpaired) electrons. The van der Waals surface area contributed by atoms with Crippen molar-refractivity contribution in [3.8, 4) is 0 Å². The zero-order valence-corrected chi connectivity index (χ0v) is 11.7. The lowest BCUT2D eigenvalue weighted by Crippen LogP contribution is -2.42. The summed E-state index contributed by atoms with van der Waals surface area (Å²) >= 11 is 6.21. The van der Waals surface area contributed by atoms with Gasteiger partial charge in [-0.05, 0) is 25.0 Å². The van der Waals surface area contributed by atoms with Crippen LogP contribution in [-0.4, -0.2) is 40.1 Å². The second kappa shape index (κ2) is 5.38. The van der Waals surface area contributed by atoms with Gasteiger partial charge in [0.25, 0.3) is 5.91 Å². The lowest BCUT2D eigenvalue weighted by molar-refractivity contribution is 0.0469. The van der Waals surface area contributed by atoms with Crippen LogP contribution in [-0.2, 0) is 0 Å². The highest BCUT2D eigenvalue weighted by molar-refractivity contribution is 6.35. The molecule has 1 aromatic carbocycles. The van der Waals surface area contributed by atoms with Gasteiger partial charge in [-0.2, -0.15) is 0 Å². The van der Waals surface area contributed by atoms with Gasteiger partial charge in [0, 0.05) is 18.5 Å². The number of benzene rings is 1. The number of rotatable bonds is 1. The summed E-state index contributed by atoms with van der Waals surface area (Å²) in [5, 5.41) is 11.0. The SMILES string of the molecule is O=C(c1cc(Cl)c2ccccc2n1)N1CCCC(O)C1. The zero-order valence-electron chi connectivity index (χ0n) is 10.9. The third-order valence-electron chi connectivity index (χ3n) is 3.57. The van der Waals surface area contributed by atoms with Crippen LogP contribution in [0, 0.1) is 0 Å². The van der Waals surface area contributed by atoms with Crippen LogP contribution in [0.25, 0.3) is 10.9 Å². The lowest BCUT2D eigenvalue weighted by Gasteiger charge is -2.29. The Hall–Kier alpha value is -1.65. The largest absolute Gasteiger partial charge is 0.391 e. The summed E-state index contributed by atoms with van der Waals surface area (Å²) in [6, 6.07) is 9.07. The van der Waals surface area contributed by atoms with Gasteiger partial charge in [-0.25, -0.2) is 4.98 Å². The quantitative estimate of drug-likeness (QED) is 0.878. The predicted octanol–water partition coefficient (Wildman–Crippen LogP) is 2.49. The molecule has 1 aliphatic heterocycles. The molecule has 0 saturated carbocycles. The third kappa shape index (κ3) is 2.49. The molecule has 2 aromatic rings. The van der Waals surface area contributed by atoms with Crippen molar-refractivity contribution < 1.29 is 9.90 Å². The standard InChI is InChI=1S/C15H15ClN2O2/c16-12-8-14(17-13-6-2-1-5-11(12)13)15(20)18-7-3-4-10(19)9-18/h1-2,5-6,8,10,19H,3-4,7,9H2. The number of aromatic nitrogens is 1. The molecule has 20 heavy (non-hydrogen) atoms. The molecule has 1 aromatic heterocycles. The number of aliphatic hydroxyl groups excluding tert-OH is 1. The normalized spacial score (nSPS) is 19.3. The van der Waals surface area contributed by atoms with Gasteiger partial charge in [-0.15, -0.1) is 0 Å².